The van der Waals surface area contributed by atoms with Crippen LogP contribution in [0, 0.1) is 11.8 Å². The van der Waals surface area contributed by atoms with Crippen molar-refractivity contribution in [3.05, 3.63) is 29.8 Å². The van der Waals surface area contributed by atoms with E-state index in [-0.39, 0.29) is 5.75 Å². The van der Waals surface area contributed by atoms with E-state index in [1.807, 2.05) is 12.1 Å². The van der Waals surface area contributed by atoms with Crippen LogP contribution in [0.3, 0.4) is 0 Å². The molecule has 2 rings (SSSR count). The molecule has 1 aromatic carbocycles. The lowest BCUT2D eigenvalue weighted by atomic mass is 9.93. The molecule has 20 heavy (non-hydrogen) atoms. The summed E-state index contributed by atoms with van der Waals surface area (Å²) in [6.45, 7) is 2.59. The lowest BCUT2D eigenvalue weighted by molar-refractivity contribution is -0.0498. The van der Waals surface area contributed by atoms with Crippen molar-refractivity contribution in [3.63, 3.8) is 0 Å². The van der Waals surface area contributed by atoms with E-state index >= 15 is 0 Å². The predicted octanol–water partition coefficient (Wildman–Crippen LogP) is 4.20. The van der Waals surface area contributed by atoms with Crippen LogP contribution in [-0.4, -0.2) is 12.7 Å². The van der Waals surface area contributed by atoms with Crippen molar-refractivity contribution in [1.82, 2.24) is 5.32 Å². The largest absolute Gasteiger partial charge is 0.435 e. The highest BCUT2D eigenvalue weighted by atomic mass is 19.3. The van der Waals surface area contributed by atoms with E-state index in [2.05, 4.69) is 23.9 Å². The molecule has 1 fully saturated rings. The Morgan fingerprint density at radius 1 is 1.25 bits per heavy atom. The van der Waals surface area contributed by atoms with E-state index in [9.17, 15) is 8.78 Å². The average molecular weight is 283 g/mol. The minimum atomic E-state index is -2.76. The van der Waals surface area contributed by atoms with Crippen LogP contribution in [0.5, 0.6) is 5.75 Å². The summed E-state index contributed by atoms with van der Waals surface area (Å²) in [6, 6.07) is 7.42. The maximum Gasteiger partial charge on any atom is 0.387 e. The fourth-order valence-electron chi connectivity index (χ4n) is 3.15. The quantitative estimate of drug-likeness (QED) is 0.844. The van der Waals surface area contributed by atoms with E-state index in [0.29, 0.717) is 12.0 Å². The number of nitrogens with one attached hydrogen (secondary N) is 1. The molecule has 0 radical (unpaired) electrons. The lowest BCUT2D eigenvalue weighted by Crippen LogP contribution is -2.32. The summed E-state index contributed by atoms with van der Waals surface area (Å²) in [7, 11) is 0. The minimum absolute atomic E-state index is 0.212. The zero-order valence-electron chi connectivity index (χ0n) is 12.1. The van der Waals surface area contributed by atoms with Crippen LogP contribution < -0.4 is 10.1 Å². The zero-order chi connectivity index (χ0) is 14.5. The number of alkyl halides is 2. The Balaban J connectivity index is 1.82. The standard InChI is InChI=1S/C16H23F2NO/c1-3-13-6-9-15(11(13)2)19-10-12-4-7-14(8-5-12)20-16(17)18/h4-5,7-8,11,13,15-16,19H,3,6,9-10H2,1-2H3. The third-order valence-corrected chi connectivity index (χ3v) is 4.47. The molecule has 1 aromatic rings. The van der Waals surface area contributed by atoms with Crippen molar-refractivity contribution in [3.8, 4) is 5.75 Å². The number of halogens is 2. The van der Waals surface area contributed by atoms with Crippen LogP contribution in [-0.2, 0) is 6.54 Å². The van der Waals surface area contributed by atoms with Crippen molar-refractivity contribution in [1.29, 1.82) is 0 Å². The molecule has 3 atom stereocenters. The second kappa shape index (κ2) is 7.02. The summed E-state index contributed by atoms with van der Waals surface area (Å²) in [6.07, 6.45) is 3.78. The van der Waals surface area contributed by atoms with Gasteiger partial charge in [0, 0.05) is 12.6 Å². The fourth-order valence-corrected chi connectivity index (χ4v) is 3.15. The first kappa shape index (κ1) is 15.2. The molecular formula is C16H23F2NO. The summed E-state index contributed by atoms with van der Waals surface area (Å²) in [5.74, 6) is 1.75. The Hall–Kier alpha value is -1.16. The van der Waals surface area contributed by atoms with Gasteiger partial charge in [-0.15, -0.1) is 0 Å². The summed E-state index contributed by atoms with van der Waals surface area (Å²) in [5, 5.41) is 3.58. The van der Waals surface area contributed by atoms with Crippen LogP contribution in [0.15, 0.2) is 24.3 Å². The summed E-state index contributed by atoms with van der Waals surface area (Å²) in [4.78, 5) is 0. The number of ether oxygens (including phenoxy) is 1. The molecule has 0 aliphatic heterocycles. The molecule has 0 bridgehead atoms. The highest BCUT2D eigenvalue weighted by molar-refractivity contribution is 5.27. The number of hydrogen-bond donors (Lipinski definition) is 1. The normalized spacial score (nSPS) is 26.1. The maximum absolute atomic E-state index is 12.1. The SMILES string of the molecule is CCC1CCC(NCc2ccc(OC(F)F)cc2)C1C. The second-order valence-electron chi connectivity index (χ2n) is 5.61. The Morgan fingerprint density at radius 2 is 1.95 bits per heavy atom. The molecule has 1 aliphatic carbocycles. The molecule has 1 N–H and O–H groups in total. The third-order valence-electron chi connectivity index (χ3n) is 4.47. The van der Waals surface area contributed by atoms with Crippen LogP contribution in [0.1, 0.15) is 38.7 Å². The van der Waals surface area contributed by atoms with Crippen molar-refractivity contribution in [2.24, 2.45) is 11.8 Å². The molecule has 0 amide bonds. The van der Waals surface area contributed by atoms with E-state index in [4.69, 9.17) is 0 Å². The Morgan fingerprint density at radius 3 is 2.50 bits per heavy atom. The van der Waals surface area contributed by atoms with Gasteiger partial charge in [0.25, 0.3) is 0 Å². The molecule has 1 aliphatic rings. The van der Waals surface area contributed by atoms with Gasteiger partial charge in [-0.25, -0.2) is 0 Å². The smallest absolute Gasteiger partial charge is 0.387 e. The van der Waals surface area contributed by atoms with E-state index < -0.39 is 6.61 Å². The van der Waals surface area contributed by atoms with Crippen LogP contribution in [0.25, 0.3) is 0 Å². The van der Waals surface area contributed by atoms with E-state index in [1.54, 1.807) is 12.1 Å². The van der Waals surface area contributed by atoms with Crippen molar-refractivity contribution < 1.29 is 13.5 Å². The van der Waals surface area contributed by atoms with Crippen molar-refractivity contribution >= 4 is 0 Å². The fraction of sp³-hybridized carbons (Fsp3) is 0.625. The van der Waals surface area contributed by atoms with Gasteiger partial charge in [0.2, 0.25) is 0 Å². The first-order valence-electron chi connectivity index (χ1n) is 7.37. The zero-order valence-corrected chi connectivity index (χ0v) is 12.1. The van der Waals surface area contributed by atoms with Gasteiger partial charge < -0.3 is 10.1 Å². The van der Waals surface area contributed by atoms with Gasteiger partial charge in [0.1, 0.15) is 5.75 Å². The Bertz CT molecular complexity index is 407. The van der Waals surface area contributed by atoms with Crippen LogP contribution >= 0.6 is 0 Å². The van der Waals surface area contributed by atoms with E-state index in [0.717, 1.165) is 18.0 Å². The highest BCUT2D eigenvalue weighted by Crippen LogP contribution is 2.34. The van der Waals surface area contributed by atoms with Crippen LogP contribution in [0.2, 0.25) is 0 Å². The monoisotopic (exact) mass is 283 g/mol. The van der Waals surface area contributed by atoms with Crippen molar-refractivity contribution in [2.75, 3.05) is 0 Å². The topological polar surface area (TPSA) is 21.3 Å². The van der Waals surface area contributed by atoms with Gasteiger partial charge in [-0.2, -0.15) is 8.78 Å². The molecule has 4 heteroatoms. The van der Waals surface area contributed by atoms with Gasteiger partial charge in [0.05, 0.1) is 0 Å². The molecule has 1 saturated carbocycles. The Labute approximate surface area is 119 Å². The van der Waals surface area contributed by atoms with Gasteiger partial charge in [-0.1, -0.05) is 32.4 Å². The Kier molecular flexibility index (Phi) is 5.35. The van der Waals surface area contributed by atoms with Crippen LogP contribution in [0.4, 0.5) is 8.78 Å². The molecule has 0 saturated heterocycles. The molecule has 112 valence electrons. The third kappa shape index (κ3) is 3.92. The number of benzene rings is 1. The van der Waals surface area contributed by atoms with Gasteiger partial charge >= 0.3 is 6.61 Å². The molecule has 0 aromatic heterocycles. The average Bonchev–Trinajstić information content (AvgIpc) is 2.78. The van der Waals surface area contributed by atoms with E-state index in [1.165, 1.54) is 19.3 Å². The molecule has 2 nitrogen and oxygen atoms in total. The number of rotatable bonds is 6. The summed E-state index contributed by atoms with van der Waals surface area (Å²) < 4.78 is 28.4. The molecule has 0 spiro atoms. The van der Waals surface area contributed by atoms with Crippen molar-refractivity contribution in [2.45, 2.75) is 52.3 Å². The molecule has 3 unspecified atom stereocenters. The molecular weight excluding hydrogens is 260 g/mol. The van der Waals surface area contributed by atoms with Gasteiger partial charge in [-0.05, 0) is 42.4 Å². The summed E-state index contributed by atoms with van der Waals surface area (Å²) in [5.41, 5.74) is 1.10. The summed E-state index contributed by atoms with van der Waals surface area (Å²) >= 11 is 0. The maximum atomic E-state index is 12.1. The number of hydrogen-bond acceptors (Lipinski definition) is 2. The predicted molar refractivity (Wildman–Crippen MR) is 75.9 cm³/mol. The van der Waals surface area contributed by atoms with Gasteiger partial charge in [-0.3, -0.25) is 0 Å². The first-order chi connectivity index (χ1) is 9.60. The van der Waals surface area contributed by atoms with Gasteiger partial charge in [0.15, 0.2) is 0 Å². The lowest BCUT2D eigenvalue weighted by Gasteiger charge is -2.21. The first-order valence-corrected chi connectivity index (χ1v) is 7.37. The minimum Gasteiger partial charge on any atom is -0.435 e. The second-order valence-corrected chi connectivity index (χ2v) is 5.61. The molecule has 0 heterocycles. The highest BCUT2D eigenvalue weighted by Gasteiger charge is 2.30.